The molecule has 0 saturated carbocycles. The van der Waals surface area contributed by atoms with Crippen LogP contribution < -0.4 is 55.2 Å². The zero-order chi connectivity index (χ0) is 40.9. The standard InChI is InChI=1S/C15H11I4NO4.C13H21NO3.C9H8O4.Na/c16-8-4-7(5-9(17)13(8)21)24-14-10(18)1-6(2-11(14)19)3-12(20)15(22)23;1-13(2,3)14-7-12(17)9-4-5-11(16)10(6-9)8-15;1-6(10)13-8-5-3-2-4-7(8)9(11)12;/h1-2,4-5,12,21H,3,20H2,(H,22,23);4-6,12,14-17H,7-8H2,1-3H3;2-5H,1H3,(H,11,12);/q;;;+1/p-1/t12-;;;/m0.../s1. The summed E-state index contributed by atoms with van der Waals surface area (Å²) >= 11 is 8.37. The van der Waals surface area contributed by atoms with Crippen LogP contribution in [0.5, 0.6) is 28.7 Å². The summed E-state index contributed by atoms with van der Waals surface area (Å²) in [4.78, 5) is 32.0. The van der Waals surface area contributed by atoms with E-state index in [9.17, 15) is 34.8 Å². The minimum atomic E-state index is -1.27. The third-order valence-electron chi connectivity index (χ3n) is 6.88. The fourth-order valence-corrected chi connectivity index (χ4v) is 8.06. The smallest absolute Gasteiger partial charge is 0.548 e. The number of carbonyl (C=O) groups excluding carboxylic acids is 2. The fourth-order valence-electron chi connectivity index (χ4n) is 4.23. The Labute approximate surface area is 395 Å². The molecule has 0 aliphatic carbocycles. The molecule has 55 heavy (non-hydrogen) atoms. The number of nitrogens with one attached hydrogen (secondary N) is 1. The summed E-state index contributed by atoms with van der Waals surface area (Å²) in [6.07, 6.45) is -0.455. The molecule has 0 fully saturated rings. The molecule has 0 bridgehead atoms. The quantitative estimate of drug-likeness (QED) is 0.0497. The Morgan fingerprint density at radius 2 is 1.47 bits per heavy atom. The van der Waals surface area contributed by atoms with E-state index in [1.54, 1.807) is 36.4 Å². The number of carboxylic acid groups (broad SMARTS) is 2. The molecular weight excluding hydrogens is 1180 g/mol. The van der Waals surface area contributed by atoms with E-state index in [2.05, 4.69) is 55.2 Å². The topological polar surface area (TPSA) is 232 Å². The second-order valence-corrected chi connectivity index (χ2v) is 17.1. The first-order valence-corrected chi connectivity index (χ1v) is 20.1. The van der Waals surface area contributed by atoms with Crippen molar-refractivity contribution in [1.29, 1.82) is 0 Å². The molecule has 4 aromatic carbocycles. The monoisotopic (exact) mass is 1220 g/mol. The second-order valence-electron chi connectivity index (χ2n) is 12.4. The normalized spacial score (nSPS) is 11.7. The average Bonchev–Trinajstić information content (AvgIpc) is 3.08. The Morgan fingerprint density at radius 1 is 0.909 bits per heavy atom. The van der Waals surface area contributed by atoms with Crippen molar-refractivity contribution in [2.24, 2.45) is 5.73 Å². The molecule has 0 heterocycles. The zero-order valence-electron chi connectivity index (χ0n) is 30.4. The Hall–Kier alpha value is -1.55. The van der Waals surface area contributed by atoms with E-state index in [1.807, 2.05) is 78.1 Å². The van der Waals surface area contributed by atoms with Gasteiger partial charge in [-0.1, -0.05) is 18.2 Å². The maximum absolute atomic E-state index is 10.8. The number of phenolic OH excluding ortho intramolecular Hbond substituents is 1. The van der Waals surface area contributed by atoms with Crippen LogP contribution in [-0.2, 0) is 22.6 Å². The summed E-state index contributed by atoms with van der Waals surface area (Å²) in [5.41, 5.74) is 7.38. The molecule has 13 nitrogen and oxygen atoms in total. The number of para-hydroxylation sites is 1. The predicted molar refractivity (Wildman–Crippen MR) is 234 cm³/mol. The number of nitrogens with two attached hydrogens (primary N) is 1. The van der Waals surface area contributed by atoms with Gasteiger partial charge < -0.3 is 56.0 Å². The summed E-state index contributed by atoms with van der Waals surface area (Å²) in [7, 11) is 0. The number of rotatable bonds is 11. The number of aliphatic carboxylic acids is 1. The molecule has 0 spiro atoms. The average molecular weight is 1220 g/mol. The van der Waals surface area contributed by atoms with Crippen LogP contribution in [0.3, 0.4) is 0 Å². The van der Waals surface area contributed by atoms with Crippen molar-refractivity contribution in [3.8, 4) is 28.7 Å². The Kier molecular flexibility index (Phi) is 22.8. The number of phenols is 2. The van der Waals surface area contributed by atoms with Crippen molar-refractivity contribution in [3.05, 3.63) is 103 Å². The number of aliphatic hydroxyl groups is 2. The third-order valence-corrected chi connectivity index (χ3v) is 10.1. The summed E-state index contributed by atoms with van der Waals surface area (Å²) in [5, 5.41) is 60.9. The largest absolute Gasteiger partial charge is 1.00 e. The van der Waals surface area contributed by atoms with Crippen molar-refractivity contribution in [3.63, 3.8) is 0 Å². The van der Waals surface area contributed by atoms with Crippen LogP contribution in [0.1, 0.15) is 60.8 Å². The van der Waals surface area contributed by atoms with E-state index in [0.29, 0.717) is 36.3 Å². The number of carbonyl (C=O) groups is 3. The number of aromatic hydroxyl groups is 2. The van der Waals surface area contributed by atoms with E-state index < -0.39 is 30.1 Å². The molecular formula is C37H39I4N2NaO11. The maximum Gasteiger partial charge on any atom is 1.00 e. The molecule has 2 atom stereocenters. The van der Waals surface area contributed by atoms with Gasteiger partial charge in [0.15, 0.2) is 5.75 Å². The molecule has 0 aliphatic rings. The molecule has 292 valence electrons. The van der Waals surface area contributed by atoms with Gasteiger partial charge in [-0.15, -0.1) is 0 Å². The minimum absolute atomic E-state index is 0. The third kappa shape index (κ3) is 17.9. The maximum atomic E-state index is 10.8. The summed E-state index contributed by atoms with van der Waals surface area (Å²) in [6.45, 7) is 7.48. The molecule has 18 heteroatoms. The number of β-amino-alcohol motifs (C(OH)–C–C–N with tert-alkyl or cyclic N) is 1. The number of benzene rings is 4. The molecule has 0 aliphatic heterocycles. The fraction of sp³-hybridized carbons (Fsp3) is 0.270. The molecule has 1 unspecified atom stereocenters. The molecule has 0 aromatic heterocycles. The van der Waals surface area contributed by atoms with E-state index in [0.717, 1.165) is 12.7 Å². The van der Waals surface area contributed by atoms with Crippen LogP contribution in [0.2, 0.25) is 0 Å². The van der Waals surface area contributed by atoms with Gasteiger partial charge in [-0.25, -0.2) is 4.79 Å². The van der Waals surface area contributed by atoms with Crippen LogP contribution in [-0.4, -0.2) is 61.6 Å². The summed E-state index contributed by atoms with van der Waals surface area (Å²) < 4.78 is 13.8. The van der Waals surface area contributed by atoms with E-state index >= 15 is 0 Å². The van der Waals surface area contributed by atoms with Crippen molar-refractivity contribution in [2.75, 3.05) is 6.54 Å². The van der Waals surface area contributed by atoms with Crippen LogP contribution in [0.25, 0.3) is 0 Å². The number of hydrogen-bond acceptors (Lipinski definition) is 12. The molecule has 4 aromatic rings. The first kappa shape index (κ1) is 51.5. The molecule has 0 saturated heterocycles. The van der Waals surface area contributed by atoms with Gasteiger partial charge in [0.2, 0.25) is 0 Å². The molecule has 0 radical (unpaired) electrons. The molecule has 0 amide bonds. The van der Waals surface area contributed by atoms with Crippen LogP contribution in [0.15, 0.2) is 66.7 Å². The van der Waals surface area contributed by atoms with Gasteiger partial charge in [-0.2, -0.15) is 0 Å². The Balaban J connectivity index is 0.000000430. The minimum Gasteiger partial charge on any atom is -0.548 e. The van der Waals surface area contributed by atoms with E-state index in [-0.39, 0.29) is 70.9 Å². The van der Waals surface area contributed by atoms with E-state index in [4.69, 9.17) is 20.7 Å². The molecule has 8 N–H and O–H groups in total. The number of esters is 1. The van der Waals surface area contributed by atoms with Crippen LogP contribution in [0.4, 0.5) is 0 Å². The van der Waals surface area contributed by atoms with Gasteiger partial charge in [0.25, 0.3) is 0 Å². The van der Waals surface area contributed by atoms with Gasteiger partial charge in [-0.05, 0) is 177 Å². The summed E-state index contributed by atoms with van der Waals surface area (Å²) in [6, 6.07) is 16.9. The van der Waals surface area contributed by atoms with Gasteiger partial charge in [-0.3, -0.25) is 4.79 Å². The van der Waals surface area contributed by atoms with Gasteiger partial charge in [0.05, 0.1) is 33.0 Å². The predicted octanol–water partition coefficient (Wildman–Crippen LogP) is 2.84. The molecule has 4 rings (SSSR count). The Bertz CT molecular complexity index is 1900. The zero-order valence-corrected chi connectivity index (χ0v) is 41.0. The number of ether oxygens (including phenoxy) is 2. The van der Waals surface area contributed by atoms with Gasteiger partial charge in [0, 0.05) is 30.6 Å². The van der Waals surface area contributed by atoms with Crippen molar-refractivity contribution in [2.45, 2.75) is 58.4 Å². The van der Waals surface area contributed by atoms with Crippen molar-refractivity contribution >= 4 is 108 Å². The van der Waals surface area contributed by atoms with Gasteiger partial charge in [0.1, 0.15) is 28.6 Å². The number of carboxylic acids is 2. The summed E-state index contributed by atoms with van der Waals surface area (Å²) in [5.74, 6) is -1.26. The van der Waals surface area contributed by atoms with Crippen molar-refractivity contribution in [1.82, 2.24) is 5.32 Å². The number of aliphatic hydroxyl groups excluding tert-OH is 2. The number of hydrogen-bond donors (Lipinski definition) is 7. The van der Waals surface area contributed by atoms with Crippen LogP contribution >= 0.6 is 90.4 Å². The second kappa shape index (κ2) is 24.4. The first-order chi connectivity index (χ1) is 25.1. The first-order valence-electron chi connectivity index (χ1n) is 15.8. The number of aromatic carboxylic acids is 1. The van der Waals surface area contributed by atoms with E-state index in [1.165, 1.54) is 25.1 Å². The SMILES string of the molecule is CC(=O)Oc1ccccc1C(=O)O.CC(C)(C)NCC(O)c1ccc(O)c(CO)c1.N[C@@H](Cc1cc(I)c(Oc2cc(I)c(O)c(I)c2)c(I)c1)C(=O)[O-].[Na+]. The van der Waals surface area contributed by atoms with Crippen molar-refractivity contribution < 1.29 is 84.1 Å². The Morgan fingerprint density at radius 3 is 1.96 bits per heavy atom. The van der Waals surface area contributed by atoms with Gasteiger partial charge >= 0.3 is 41.5 Å². The van der Waals surface area contributed by atoms with Crippen LogP contribution in [0, 0.1) is 14.3 Å². The number of halogens is 4.